The van der Waals surface area contributed by atoms with Crippen LogP contribution < -0.4 is 5.56 Å². The fraction of sp³-hybridized carbons (Fsp3) is 0.571. The summed E-state index contributed by atoms with van der Waals surface area (Å²) >= 11 is 0. The highest BCUT2D eigenvalue weighted by Gasteiger charge is 2.44. The summed E-state index contributed by atoms with van der Waals surface area (Å²) in [4.78, 5) is 27.3. The topological polar surface area (TPSA) is 61.9 Å². The van der Waals surface area contributed by atoms with Gasteiger partial charge in [0, 0.05) is 35.3 Å². The number of nitrogens with one attached hydrogen (secondary N) is 1. The molecule has 26 heavy (non-hydrogen) atoms. The van der Waals surface area contributed by atoms with Gasteiger partial charge in [-0.1, -0.05) is 26.8 Å². The molecule has 2 aromatic rings. The van der Waals surface area contributed by atoms with Crippen LogP contribution in [-0.4, -0.2) is 32.9 Å². The molecule has 0 amide bonds. The Labute approximate surface area is 154 Å². The molecule has 0 radical (unpaired) electrons. The Morgan fingerprint density at radius 1 is 1.23 bits per heavy atom. The molecular formula is C21H28N4O. The molecule has 2 aromatic heterocycles. The van der Waals surface area contributed by atoms with Crippen molar-refractivity contribution in [1.29, 1.82) is 0 Å². The van der Waals surface area contributed by atoms with E-state index >= 15 is 0 Å². The molecule has 1 fully saturated rings. The second-order valence-electron chi connectivity index (χ2n) is 8.91. The quantitative estimate of drug-likeness (QED) is 0.903. The fourth-order valence-electron chi connectivity index (χ4n) is 4.38. The molecule has 0 bridgehead atoms. The minimum Gasteiger partial charge on any atom is -0.310 e. The lowest BCUT2D eigenvalue weighted by molar-refractivity contribution is 0.149. The molecule has 3 heterocycles. The van der Waals surface area contributed by atoms with Gasteiger partial charge in [0.1, 0.15) is 5.82 Å². The molecular weight excluding hydrogens is 324 g/mol. The van der Waals surface area contributed by atoms with Gasteiger partial charge in [-0.3, -0.25) is 14.7 Å². The van der Waals surface area contributed by atoms with Crippen molar-refractivity contribution in [2.75, 3.05) is 13.1 Å². The van der Waals surface area contributed by atoms with Crippen molar-refractivity contribution >= 4 is 0 Å². The molecule has 4 rings (SSSR count). The molecule has 0 saturated carbocycles. The molecule has 2 aliphatic rings. The number of H-pyrrole nitrogens is 1. The lowest BCUT2D eigenvalue weighted by Gasteiger charge is -2.39. The third kappa shape index (κ3) is 3.09. The van der Waals surface area contributed by atoms with E-state index in [2.05, 4.69) is 41.7 Å². The largest absolute Gasteiger partial charge is 0.310 e. The monoisotopic (exact) mass is 352 g/mol. The van der Waals surface area contributed by atoms with Crippen molar-refractivity contribution in [1.82, 2.24) is 19.9 Å². The van der Waals surface area contributed by atoms with Gasteiger partial charge in [-0.25, -0.2) is 4.98 Å². The number of rotatable bonds is 2. The van der Waals surface area contributed by atoms with E-state index < -0.39 is 0 Å². The van der Waals surface area contributed by atoms with Crippen LogP contribution in [0.25, 0.3) is 0 Å². The van der Waals surface area contributed by atoms with Gasteiger partial charge in [0.05, 0.1) is 5.69 Å². The number of aromatic nitrogens is 3. The van der Waals surface area contributed by atoms with Crippen LogP contribution in [0.4, 0.5) is 0 Å². The molecule has 1 N–H and O–H groups in total. The molecule has 5 heteroatoms. The maximum Gasteiger partial charge on any atom is 0.254 e. The summed E-state index contributed by atoms with van der Waals surface area (Å²) in [6.07, 6.45) is 7.87. The fourth-order valence-corrected chi connectivity index (χ4v) is 4.38. The van der Waals surface area contributed by atoms with Crippen molar-refractivity contribution in [2.24, 2.45) is 0 Å². The number of hydrogen-bond acceptors (Lipinski definition) is 4. The van der Waals surface area contributed by atoms with Crippen LogP contribution in [0.1, 0.15) is 62.7 Å². The highest BCUT2D eigenvalue weighted by molar-refractivity contribution is 5.34. The summed E-state index contributed by atoms with van der Waals surface area (Å²) in [6, 6.07) is 4.14. The summed E-state index contributed by atoms with van der Waals surface area (Å²) in [5.41, 5.74) is 3.31. The van der Waals surface area contributed by atoms with Crippen LogP contribution in [0.2, 0.25) is 0 Å². The molecule has 5 nitrogen and oxygen atoms in total. The molecule has 0 aromatic carbocycles. The van der Waals surface area contributed by atoms with Crippen LogP contribution in [0.5, 0.6) is 0 Å². The Bertz CT molecular complexity index is 843. The van der Waals surface area contributed by atoms with Crippen molar-refractivity contribution in [3.8, 4) is 0 Å². The number of likely N-dealkylation sites (tertiary alicyclic amines) is 1. The third-order valence-corrected chi connectivity index (χ3v) is 6.02. The Hall–Kier alpha value is -2.01. The Balaban J connectivity index is 1.56. The van der Waals surface area contributed by atoms with E-state index in [1.807, 2.05) is 18.5 Å². The van der Waals surface area contributed by atoms with Crippen molar-refractivity contribution in [2.45, 2.75) is 63.8 Å². The predicted molar refractivity (Wildman–Crippen MR) is 102 cm³/mol. The van der Waals surface area contributed by atoms with Gasteiger partial charge in [0.2, 0.25) is 0 Å². The van der Waals surface area contributed by atoms with E-state index in [4.69, 9.17) is 4.98 Å². The Kier molecular flexibility index (Phi) is 4.22. The maximum atomic E-state index is 12.6. The van der Waals surface area contributed by atoms with E-state index in [-0.39, 0.29) is 16.4 Å². The van der Waals surface area contributed by atoms with Gasteiger partial charge in [0.25, 0.3) is 5.56 Å². The summed E-state index contributed by atoms with van der Waals surface area (Å²) in [5, 5.41) is 0. The zero-order chi connectivity index (χ0) is 18.4. The zero-order valence-corrected chi connectivity index (χ0v) is 16.0. The average molecular weight is 352 g/mol. The first kappa shape index (κ1) is 17.4. The summed E-state index contributed by atoms with van der Waals surface area (Å²) in [7, 11) is 0. The minimum atomic E-state index is -0.140. The number of hydrogen-bond donors (Lipinski definition) is 1. The first-order valence-corrected chi connectivity index (χ1v) is 9.63. The zero-order valence-electron chi connectivity index (χ0n) is 16.0. The number of pyridine rings is 1. The van der Waals surface area contributed by atoms with Crippen molar-refractivity contribution < 1.29 is 0 Å². The highest BCUT2D eigenvalue weighted by Crippen LogP contribution is 2.44. The summed E-state index contributed by atoms with van der Waals surface area (Å²) in [5.74, 6) is 0.820. The first-order valence-electron chi connectivity index (χ1n) is 9.63. The van der Waals surface area contributed by atoms with E-state index in [9.17, 15) is 4.79 Å². The standard InChI is InChI=1S/C21H28N4O/c1-20(2,3)19-23-17-16(18(26)24-19)6-7-21(17)8-11-25(12-9-21)14-15-5-4-10-22-13-15/h4-5,10,13H,6-9,11-12,14H2,1-3H3,(H,23,24,26). The molecule has 1 spiro atoms. The van der Waals surface area contributed by atoms with Crippen LogP contribution in [0.15, 0.2) is 29.3 Å². The number of piperidine rings is 1. The Morgan fingerprint density at radius 2 is 2.00 bits per heavy atom. The maximum absolute atomic E-state index is 12.6. The van der Waals surface area contributed by atoms with Gasteiger partial charge in [0.15, 0.2) is 0 Å². The lowest BCUT2D eigenvalue weighted by atomic mass is 9.76. The van der Waals surface area contributed by atoms with E-state index in [0.717, 1.165) is 62.4 Å². The second kappa shape index (κ2) is 6.31. The van der Waals surface area contributed by atoms with Gasteiger partial charge in [-0.15, -0.1) is 0 Å². The SMILES string of the molecule is CC(C)(C)c1nc2c(c(=O)[nH]1)CCC21CCN(Cc2cccnc2)CC1. The smallest absolute Gasteiger partial charge is 0.254 e. The van der Waals surface area contributed by atoms with Crippen LogP contribution in [-0.2, 0) is 23.8 Å². The molecule has 138 valence electrons. The number of fused-ring (bicyclic) bond motifs is 2. The number of nitrogens with zero attached hydrogens (tertiary/aromatic N) is 3. The highest BCUT2D eigenvalue weighted by atomic mass is 16.1. The molecule has 1 aliphatic heterocycles. The van der Waals surface area contributed by atoms with Crippen LogP contribution in [0.3, 0.4) is 0 Å². The van der Waals surface area contributed by atoms with Gasteiger partial charge < -0.3 is 4.98 Å². The first-order chi connectivity index (χ1) is 12.4. The second-order valence-corrected chi connectivity index (χ2v) is 8.91. The van der Waals surface area contributed by atoms with E-state index in [0.29, 0.717) is 0 Å². The van der Waals surface area contributed by atoms with Crippen LogP contribution in [0, 0.1) is 0 Å². The van der Waals surface area contributed by atoms with Gasteiger partial charge >= 0.3 is 0 Å². The molecule has 1 aliphatic carbocycles. The number of aromatic amines is 1. The Morgan fingerprint density at radius 3 is 2.65 bits per heavy atom. The summed E-state index contributed by atoms with van der Waals surface area (Å²) < 4.78 is 0. The average Bonchev–Trinajstić information content (AvgIpc) is 2.96. The van der Waals surface area contributed by atoms with E-state index in [1.54, 1.807) is 0 Å². The molecule has 0 unspecified atom stereocenters. The van der Waals surface area contributed by atoms with E-state index in [1.165, 1.54) is 5.56 Å². The van der Waals surface area contributed by atoms with Crippen molar-refractivity contribution in [3.63, 3.8) is 0 Å². The van der Waals surface area contributed by atoms with Gasteiger partial charge in [-0.2, -0.15) is 0 Å². The van der Waals surface area contributed by atoms with Crippen LogP contribution >= 0.6 is 0 Å². The third-order valence-electron chi connectivity index (χ3n) is 6.02. The molecule has 0 atom stereocenters. The predicted octanol–water partition coefficient (Wildman–Crippen LogP) is 2.94. The van der Waals surface area contributed by atoms with Gasteiger partial charge in [-0.05, 0) is 50.4 Å². The van der Waals surface area contributed by atoms with Crippen molar-refractivity contribution in [3.05, 3.63) is 57.5 Å². The normalized spacial score (nSPS) is 19.7. The lowest BCUT2D eigenvalue weighted by Crippen LogP contribution is -2.42. The minimum absolute atomic E-state index is 0.0783. The summed E-state index contributed by atoms with van der Waals surface area (Å²) in [6.45, 7) is 9.37. The molecule has 1 saturated heterocycles.